The van der Waals surface area contributed by atoms with Crippen LogP contribution >= 0.6 is 0 Å². The first-order valence-corrected chi connectivity index (χ1v) is 9.77. The molecule has 0 aliphatic carbocycles. The van der Waals surface area contributed by atoms with Crippen LogP contribution < -0.4 is 5.32 Å². The van der Waals surface area contributed by atoms with Crippen LogP contribution in [-0.4, -0.2) is 43.9 Å². The Hall–Kier alpha value is -3.03. The van der Waals surface area contributed by atoms with Crippen molar-refractivity contribution in [2.75, 3.05) is 11.9 Å². The van der Waals surface area contributed by atoms with Crippen LogP contribution in [0.2, 0.25) is 0 Å². The van der Waals surface area contributed by atoms with Crippen LogP contribution in [0.25, 0.3) is 11.4 Å². The molecule has 1 saturated heterocycles. The second-order valence-electron chi connectivity index (χ2n) is 7.22. The van der Waals surface area contributed by atoms with E-state index >= 15 is 0 Å². The van der Waals surface area contributed by atoms with E-state index in [0.717, 1.165) is 43.0 Å². The number of anilines is 1. The van der Waals surface area contributed by atoms with E-state index in [0.29, 0.717) is 5.69 Å². The molecule has 8 nitrogen and oxygen atoms in total. The summed E-state index contributed by atoms with van der Waals surface area (Å²) in [6, 6.07) is 7.52. The Balaban J connectivity index is 1.43. The third-order valence-corrected chi connectivity index (χ3v) is 5.23. The van der Waals surface area contributed by atoms with E-state index in [2.05, 4.69) is 20.1 Å². The van der Waals surface area contributed by atoms with Crippen LogP contribution in [0.1, 0.15) is 44.3 Å². The summed E-state index contributed by atoms with van der Waals surface area (Å²) in [7, 11) is 0. The number of nitrogens with one attached hydrogen (secondary N) is 1. The standard InChI is InChI=1S/C20H23N5O3/c26-17(10-12-25-18(27)8-9-19(25)28)21-15-6-4-5-14(13-15)20-23-22-16-7-2-1-3-11-24(16)20/h4-6,13H,1-3,7-12H2,(H,21,26). The molecule has 0 saturated carbocycles. The lowest BCUT2D eigenvalue weighted by atomic mass is 10.2. The molecule has 1 N–H and O–H groups in total. The summed E-state index contributed by atoms with van der Waals surface area (Å²) < 4.78 is 2.17. The first-order chi connectivity index (χ1) is 13.6. The van der Waals surface area contributed by atoms with Crippen molar-refractivity contribution in [1.29, 1.82) is 0 Å². The monoisotopic (exact) mass is 381 g/mol. The van der Waals surface area contributed by atoms with Gasteiger partial charge in [-0.2, -0.15) is 0 Å². The minimum absolute atomic E-state index is 0.0854. The highest BCUT2D eigenvalue weighted by Gasteiger charge is 2.28. The summed E-state index contributed by atoms with van der Waals surface area (Å²) in [4.78, 5) is 36.7. The highest BCUT2D eigenvalue weighted by atomic mass is 16.2. The number of imide groups is 1. The van der Waals surface area contributed by atoms with E-state index in [1.54, 1.807) is 0 Å². The quantitative estimate of drug-likeness (QED) is 0.801. The molecule has 4 rings (SSSR count). The molecule has 0 atom stereocenters. The molecule has 3 heterocycles. The Bertz CT molecular complexity index is 904. The maximum atomic E-state index is 12.3. The number of aromatic nitrogens is 3. The summed E-state index contributed by atoms with van der Waals surface area (Å²) in [5.74, 6) is 1.20. The van der Waals surface area contributed by atoms with Crippen LogP contribution in [0.15, 0.2) is 24.3 Å². The Morgan fingerprint density at radius 2 is 1.86 bits per heavy atom. The van der Waals surface area contributed by atoms with Crippen LogP contribution in [0.3, 0.4) is 0 Å². The number of benzene rings is 1. The van der Waals surface area contributed by atoms with E-state index in [1.807, 2.05) is 24.3 Å². The van der Waals surface area contributed by atoms with Crippen LogP contribution in [0.5, 0.6) is 0 Å². The lowest BCUT2D eigenvalue weighted by Crippen LogP contribution is -2.32. The van der Waals surface area contributed by atoms with Gasteiger partial charge in [0.05, 0.1) is 0 Å². The van der Waals surface area contributed by atoms with Crippen molar-refractivity contribution in [3.8, 4) is 11.4 Å². The molecular formula is C20H23N5O3. The zero-order chi connectivity index (χ0) is 19.5. The van der Waals surface area contributed by atoms with Gasteiger partial charge in [-0.3, -0.25) is 19.3 Å². The Kier molecular flexibility index (Phi) is 5.18. The Morgan fingerprint density at radius 1 is 1.04 bits per heavy atom. The summed E-state index contributed by atoms with van der Waals surface area (Å²) in [6.45, 7) is 1.03. The molecule has 146 valence electrons. The van der Waals surface area contributed by atoms with Gasteiger partial charge in [-0.15, -0.1) is 10.2 Å². The fourth-order valence-corrected chi connectivity index (χ4v) is 3.74. The number of amides is 3. The summed E-state index contributed by atoms with van der Waals surface area (Å²) >= 11 is 0. The van der Waals surface area contributed by atoms with Gasteiger partial charge in [0, 0.05) is 50.0 Å². The Labute approximate surface area is 162 Å². The maximum absolute atomic E-state index is 12.3. The van der Waals surface area contributed by atoms with Gasteiger partial charge in [0.1, 0.15) is 5.82 Å². The number of carbonyl (C=O) groups excluding carboxylic acids is 3. The molecule has 1 aromatic heterocycles. The molecular weight excluding hydrogens is 358 g/mol. The van der Waals surface area contributed by atoms with Gasteiger partial charge in [-0.1, -0.05) is 18.6 Å². The SMILES string of the molecule is O=C(CCN1C(=O)CCC1=O)Nc1cccc(-c2nnc3n2CCCCC3)c1. The van der Waals surface area contributed by atoms with Gasteiger partial charge in [-0.05, 0) is 25.0 Å². The van der Waals surface area contributed by atoms with Gasteiger partial charge < -0.3 is 9.88 Å². The van der Waals surface area contributed by atoms with Gasteiger partial charge in [0.2, 0.25) is 17.7 Å². The Morgan fingerprint density at radius 3 is 2.68 bits per heavy atom. The van der Waals surface area contributed by atoms with Crippen molar-refractivity contribution in [3.05, 3.63) is 30.1 Å². The van der Waals surface area contributed by atoms with E-state index in [9.17, 15) is 14.4 Å². The number of carbonyl (C=O) groups is 3. The molecule has 0 unspecified atom stereocenters. The molecule has 0 spiro atoms. The molecule has 0 radical (unpaired) electrons. The fraction of sp³-hybridized carbons (Fsp3) is 0.450. The third kappa shape index (κ3) is 3.81. The van der Waals surface area contributed by atoms with Gasteiger partial charge in [0.15, 0.2) is 5.82 Å². The molecule has 2 aliphatic rings. The van der Waals surface area contributed by atoms with Crippen LogP contribution in [-0.2, 0) is 27.3 Å². The number of nitrogens with zero attached hydrogens (tertiary/aromatic N) is 4. The molecule has 3 amide bonds. The lowest BCUT2D eigenvalue weighted by Gasteiger charge is -2.13. The minimum atomic E-state index is -0.232. The highest BCUT2D eigenvalue weighted by molar-refractivity contribution is 6.02. The molecule has 28 heavy (non-hydrogen) atoms. The van der Waals surface area contributed by atoms with E-state index in [-0.39, 0.29) is 43.5 Å². The number of hydrogen-bond acceptors (Lipinski definition) is 5. The van der Waals surface area contributed by atoms with Crippen molar-refractivity contribution in [2.24, 2.45) is 0 Å². The predicted octanol–water partition coefficient (Wildman–Crippen LogP) is 2.15. The second kappa shape index (κ2) is 7.92. The maximum Gasteiger partial charge on any atom is 0.229 e. The first-order valence-electron chi connectivity index (χ1n) is 9.77. The molecule has 2 aliphatic heterocycles. The lowest BCUT2D eigenvalue weighted by molar-refractivity contribution is -0.138. The fourth-order valence-electron chi connectivity index (χ4n) is 3.74. The van der Waals surface area contributed by atoms with Crippen molar-refractivity contribution in [1.82, 2.24) is 19.7 Å². The molecule has 2 aromatic rings. The van der Waals surface area contributed by atoms with Gasteiger partial charge >= 0.3 is 0 Å². The molecule has 1 aromatic carbocycles. The van der Waals surface area contributed by atoms with E-state index < -0.39 is 0 Å². The molecule has 1 fully saturated rings. The zero-order valence-electron chi connectivity index (χ0n) is 15.7. The zero-order valence-corrected chi connectivity index (χ0v) is 15.7. The number of rotatable bonds is 5. The molecule has 8 heteroatoms. The average Bonchev–Trinajstić information content (AvgIpc) is 3.14. The number of fused-ring (bicyclic) bond motifs is 1. The smallest absolute Gasteiger partial charge is 0.229 e. The summed E-state index contributed by atoms with van der Waals surface area (Å²) in [6.07, 6.45) is 4.95. The summed E-state index contributed by atoms with van der Waals surface area (Å²) in [5.41, 5.74) is 1.57. The third-order valence-electron chi connectivity index (χ3n) is 5.23. The number of aryl methyl sites for hydroxylation is 1. The largest absolute Gasteiger partial charge is 0.326 e. The highest BCUT2D eigenvalue weighted by Crippen LogP contribution is 2.25. The van der Waals surface area contributed by atoms with Crippen molar-refractivity contribution in [2.45, 2.75) is 51.5 Å². The van der Waals surface area contributed by atoms with Crippen molar-refractivity contribution in [3.63, 3.8) is 0 Å². The van der Waals surface area contributed by atoms with Crippen molar-refractivity contribution >= 4 is 23.4 Å². The number of hydrogen-bond donors (Lipinski definition) is 1. The topological polar surface area (TPSA) is 97.2 Å². The number of likely N-dealkylation sites (tertiary alicyclic amines) is 1. The molecule has 0 bridgehead atoms. The van der Waals surface area contributed by atoms with Crippen LogP contribution in [0.4, 0.5) is 5.69 Å². The van der Waals surface area contributed by atoms with E-state index in [1.165, 1.54) is 11.3 Å². The first kappa shape index (κ1) is 18.3. The summed E-state index contributed by atoms with van der Waals surface area (Å²) in [5, 5.41) is 11.5. The van der Waals surface area contributed by atoms with Crippen LogP contribution in [0, 0.1) is 0 Å². The average molecular weight is 381 g/mol. The van der Waals surface area contributed by atoms with Crippen molar-refractivity contribution < 1.29 is 14.4 Å². The van der Waals surface area contributed by atoms with Gasteiger partial charge in [-0.25, -0.2) is 0 Å². The van der Waals surface area contributed by atoms with Gasteiger partial charge in [0.25, 0.3) is 0 Å². The normalized spacial score (nSPS) is 16.8. The van der Waals surface area contributed by atoms with E-state index in [4.69, 9.17) is 0 Å². The minimum Gasteiger partial charge on any atom is -0.326 e. The predicted molar refractivity (Wildman–Crippen MR) is 102 cm³/mol. The second-order valence-corrected chi connectivity index (χ2v) is 7.22.